The Morgan fingerprint density at radius 3 is 2.62 bits per heavy atom. The van der Waals surface area contributed by atoms with Crippen LogP contribution in [0.2, 0.25) is 0 Å². The normalized spacial score (nSPS) is 11.8. The van der Waals surface area contributed by atoms with E-state index in [0.717, 1.165) is 15.1 Å². The number of thiophene rings is 1. The molecule has 1 atom stereocenters. The van der Waals surface area contributed by atoms with Crippen LogP contribution in [0.15, 0.2) is 33.4 Å². The summed E-state index contributed by atoms with van der Waals surface area (Å²) in [4.78, 5) is 12.2. The molecule has 0 aliphatic carbocycles. The van der Waals surface area contributed by atoms with Crippen molar-refractivity contribution >= 4 is 33.2 Å². The molecular weight excluding hydrogens is 354 g/mol. The molecule has 4 nitrogen and oxygen atoms in total. The highest BCUT2D eigenvalue weighted by molar-refractivity contribution is 9.11. The number of carbonyl (C=O) groups is 1. The number of hydrogen-bond donors (Lipinski definition) is 1. The van der Waals surface area contributed by atoms with Gasteiger partial charge in [0.15, 0.2) is 0 Å². The Hall–Kier alpha value is -1.53. The molecule has 0 aliphatic heterocycles. The number of methoxy groups -OCH3 is 2. The maximum Gasteiger partial charge on any atom is 0.252 e. The van der Waals surface area contributed by atoms with Crippen LogP contribution in [0.5, 0.6) is 11.5 Å². The van der Waals surface area contributed by atoms with E-state index in [-0.39, 0.29) is 11.9 Å². The molecule has 112 valence electrons. The molecule has 6 heteroatoms. The second kappa shape index (κ2) is 6.95. The van der Waals surface area contributed by atoms with Crippen LogP contribution in [-0.4, -0.2) is 20.1 Å². The Morgan fingerprint density at radius 2 is 2.05 bits per heavy atom. The Labute approximate surface area is 136 Å². The average Bonchev–Trinajstić information content (AvgIpc) is 2.93. The summed E-state index contributed by atoms with van der Waals surface area (Å²) in [6.45, 7) is 1.92. The Kier molecular flexibility index (Phi) is 5.25. The van der Waals surface area contributed by atoms with Gasteiger partial charge < -0.3 is 14.8 Å². The first-order valence-electron chi connectivity index (χ1n) is 6.32. The number of ether oxygens (including phenoxy) is 2. The molecule has 0 bridgehead atoms. The van der Waals surface area contributed by atoms with Crippen molar-refractivity contribution in [2.75, 3.05) is 14.2 Å². The highest BCUT2D eigenvalue weighted by Gasteiger charge is 2.16. The molecule has 1 unspecified atom stereocenters. The van der Waals surface area contributed by atoms with Crippen LogP contribution in [0.1, 0.15) is 28.9 Å². The molecule has 21 heavy (non-hydrogen) atoms. The lowest BCUT2D eigenvalue weighted by Crippen LogP contribution is -2.26. The Morgan fingerprint density at radius 1 is 1.29 bits per heavy atom. The number of benzene rings is 1. The predicted octanol–water partition coefficient (Wildman–Crippen LogP) is 4.02. The molecule has 0 spiro atoms. The number of hydrogen-bond acceptors (Lipinski definition) is 4. The van der Waals surface area contributed by atoms with E-state index >= 15 is 0 Å². The molecule has 0 aliphatic rings. The summed E-state index contributed by atoms with van der Waals surface area (Å²) in [7, 11) is 3.21. The molecule has 1 amide bonds. The third kappa shape index (κ3) is 3.77. The summed E-state index contributed by atoms with van der Waals surface area (Å²) in [5.41, 5.74) is 1.55. The number of halogens is 1. The number of amides is 1. The van der Waals surface area contributed by atoms with Crippen molar-refractivity contribution in [1.82, 2.24) is 5.32 Å². The van der Waals surface area contributed by atoms with Gasteiger partial charge in [-0.15, -0.1) is 11.3 Å². The molecule has 1 heterocycles. The molecule has 2 aromatic rings. The molecule has 1 aromatic heterocycles. The van der Waals surface area contributed by atoms with Crippen LogP contribution in [-0.2, 0) is 0 Å². The van der Waals surface area contributed by atoms with Gasteiger partial charge in [-0.05, 0) is 41.1 Å². The zero-order chi connectivity index (χ0) is 15.4. The maximum atomic E-state index is 12.2. The van der Waals surface area contributed by atoms with Gasteiger partial charge >= 0.3 is 0 Å². The molecule has 0 saturated heterocycles. The third-order valence-corrected chi connectivity index (χ3v) is 4.59. The minimum absolute atomic E-state index is 0.109. The molecule has 1 N–H and O–H groups in total. The van der Waals surface area contributed by atoms with Crippen LogP contribution in [0.25, 0.3) is 0 Å². The van der Waals surface area contributed by atoms with Gasteiger partial charge in [0.25, 0.3) is 5.91 Å². The van der Waals surface area contributed by atoms with Crippen molar-refractivity contribution in [3.63, 3.8) is 0 Å². The lowest BCUT2D eigenvalue weighted by molar-refractivity contribution is 0.0940. The average molecular weight is 370 g/mol. The van der Waals surface area contributed by atoms with Crippen LogP contribution in [0, 0.1) is 0 Å². The summed E-state index contributed by atoms with van der Waals surface area (Å²) >= 11 is 4.84. The van der Waals surface area contributed by atoms with E-state index in [1.807, 2.05) is 24.4 Å². The van der Waals surface area contributed by atoms with Crippen molar-refractivity contribution in [1.29, 1.82) is 0 Å². The topological polar surface area (TPSA) is 47.6 Å². The molecule has 0 saturated carbocycles. The summed E-state index contributed by atoms with van der Waals surface area (Å²) in [6.07, 6.45) is 0. The number of nitrogens with one attached hydrogen (secondary N) is 1. The van der Waals surface area contributed by atoms with E-state index < -0.39 is 0 Å². The number of rotatable bonds is 5. The van der Waals surface area contributed by atoms with Crippen molar-refractivity contribution < 1.29 is 14.3 Å². The highest BCUT2D eigenvalue weighted by Crippen LogP contribution is 2.29. The SMILES string of the molecule is COc1ccc(C(C)NC(=O)c2csc(Br)c2)c(OC)c1. The zero-order valence-electron chi connectivity index (χ0n) is 12.0. The van der Waals surface area contributed by atoms with E-state index in [2.05, 4.69) is 21.2 Å². The Balaban J connectivity index is 2.16. The van der Waals surface area contributed by atoms with E-state index in [4.69, 9.17) is 9.47 Å². The Bertz CT molecular complexity index is 642. The summed E-state index contributed by atoms with van der Waals surface area (Å²) in [5.74, 6) is 1.30. The first kappa shape index (κ1) is 15.9. The van der Waals surface area contributed by atoms with Gasteiger partial charge in [0.05, 0.1) is 29.6 Å². The zero-order valence-corrected chi connectivity index (χ0v) is 14.4. The fraction of sp³-hybridized carbons (Fsp3) is 0.267. The third-order valence-electron chi connectivity index (χ3n) is 3.08. The van der Waals surface area contributed by atoms with Crippen molar-refractivity contribution in [3.05, 3.63) is 44.6 Å². The van der Waals surface area contributed by atoms with Gasteiger partial charge in [0.1, 0.15) is 11.5 Å². The smallest absolute Gasteiger partial charge is 0.252 e. The van der Waals surface area contributed by atoms with Gasteiger partial charge in [0, 0.05) is 17.0 Å². The van der Waals surface area contributed by atoms with E-state index in [0.29, 0.717) is 11.3 Å². The van der Waals surface area contributed by atoms with Crippen LogP contribution < -0.4 is 14.8 Å². The molecule has 0 radical (unpaired) electrons. The lowest BCUT2D eigenvalue weighted by atomic mass is 10.1. The molecule has 0 fully saturated rings. The largest absolute Gasteiger partial charge is 0.497 e. The monoisotopic (exact) mass is 369 g/mol. The van der Waals surface area contributed by atoms with Gasteiger partial charge in [-0.3, -0.25) is 4.79 Å². The van der Waals surface area contributed by atoms with Gasteiger partial charge in [-0.2, -0.15) is 0 Å². The predicted molar refractivity (Wildman–Crippen MR) is 87.4 cm³/mol. The van der Waals surface area contributed by atoms with E-state index in [1.54, 1.807) is 26.4 Å². The standard InChI is InChI=1S/C15H16BrNO3S/c1-9(17-15(18)10-6-14(16)21-8-10)12-5-4-11(19-2)7-13(12)20-3/h4-9H,1-3H3,(H,17,18). The first-order chi connectivity index (χ1) is 10.0. The van der Waals surface area contributed by atoms with E-state index in [1.165, 1.54) is 11.3 Å². The lowest BCUT2D eigenvalue weighted by Gasteiger charge is -2.17. The minimum atomic E-state index is -0.169. The van der Waals surface area contributed by atoms with E-state index in [9.17, 15) is 4.79 Å². The fourth-order valence-electron chi connectivity index (χ4n) is 1.96. The minimum Gasteiger partial charge on any atom is -0.497 e. The van der Waals surface area contributed by atoms with Crippen molar-refractivity contribution in [2.45, 2.75) is 13.0 Å². The van der Waals surface area contributed by atoms with Gasteiger partial charge in [0.2, 0.25) is 0 Å². The highest BCUT2D eigenvalue weighted by atomic mass is 79.9. The van der Waals surface area contributed by atoms with Crippen molar-refractivity contribution in [3.8, 4) is 11.5 Å². The van der Waals surface area contributed by atoms with Gasteiger partial charge in [-0.25, -0.2) is 0 Å². The second-order valence-electron chi connectivity index (χ2n) is 4.44. The molecular formula is C15H16BrNO3S. The van der Waals surface area contributed by atoms with Crippen molar-refractivity contribution in [2.24, 2.45) is 0 Å². The molecule has 1 aromatic carbocycles. The first-order valence-corrected chi connectivity index (χ1v) is 7.99. The van der Waals surface area contributed by atoms with Crippen LogP contribution in [0.4, 0.5) is 0 Å². The van der Waals surface area contributed by atoms with Crippen LogP contribution in [0.3, 0.4) is 0 Å². The fourth-order valence-corrected chi connectivity index (χ4v) is 3.10. The summed E-state index contributed by atoms with van der Waals surface area (Å²) in [6, 6.07) is 7.18. The quantitative estimate of drug-likeness (QED) is 0.865. The second-order valence-corrected chi connectivity index (χ2v) is 6.73. The summed E-state index contributed by atoms with van der Waals surface area (Å²) < 4.78 is 11.5. The number of carbonyl (C=O) groups excluding carboxylic acids is 1. The van der Waals surface area contributed by atoms with Gasteiger partial charge in [-0.1, -0.05) is 0 Å². The summed E-state index contributed by atoms with van der Waals surface area (Å²) in [5, 5.41) is 4.78. The van der Waals surface area contributed by atoms with Crippen LogP contribution >= 0.6 is 27.3 Å². The molecule has 2 rings (SSSR count). The maximum absolute atomic E-state index is 12.2.